The van der Waals surface area contributed by atoms with E-state index in [1.165, 1.54) is 13.8 Å². The molecule has 6 aromatic rings. The van der Waals surface area contributed by atoms with Gasteiger partial charge >= 0.3 is 0 Å². The lowest BCUT2D eigenvalue weighted by Crippen LogP contribution is -2.52. The summed E-state index contributed by atoms with van der Waals surface area (Å²) in [6.07, 6.45) is -0.00208. The number of rotatable bonds is 20. The molecule has 0 radical (unpaired) electrons. The molecular weight excluding hydrogens is 733 g/mol. The number of ketones is 3. The van der Waals surface area contributed by atoms with Crippen LogP contribution in [0.4, 0.5) is 0 Å². The number of Topliss-reactive ketones (excluding diaryl/α,β-unsaturated/α-hetero) is 1. The van der Waals surface area contributed by atoms with Crippen LogP contribution in [0.25, 0.3) is 0 Å². The maximum atomic E-state index is 13.4. The first-order valence-corrected chi connectivity index (χ1v) is 19.1. The van der Waals surface area contributed by atoms with E-state index in [1.54, 1.807) is 121 Å². The van der Waals surface area contributed by atoms with Crippen LogP contribution in [0.15, 0.2) is 158 Å². The van der Waals surface area contributed by atoms with E-state index < -0.39 is 17.0 Å². The van der Waals surface area contributed by atoms with E-state index in [0.717, 1.165) is 0 Å². The summed E-state index contributed by atoms with van der Waals surface area (Å²) in [5.41, 5.74) is 0.144. The zero-order valence-electron chi connectivity index (χ0n) is 32.5. The number of benzene rings is 6. The van der Waals surface area contributed by atoms with Crippen LogP contribution in [0.5, 0.6) is 23.0 Å². The number of ether oxygens (including phenoxy) is 4. The molecule has 6 aromatic carbocycles. The van der Waals surface area contributed by atoms with Gasteiger partial charge in [0.1, 0.15) is 60.6 Å². The Bertz CT molecular complexity index is 2080. The fraction of sp³-hybridized carbons (Fsp3) is 0.204. The average molecular weight is 779 g/mol. The van der Waals surface area contributed by atoms with Crippen molar-refractivity contribution in [2.24, 2.45) is 0 Å². The van der Waals surface area contributed by atoms with Gasteiger partial charge in [-0.05, 0) is 97.8 Å². The fourth-order valence-corrected chi connectivity index (χ4v) is 6.50. The largest absolute Gasteiger partial charge is 0.490 e. The highest BCUT2D eigenvalue weighted by atomic mass is 16.5. The summed E-state index contributed by atoms with van der Waals surface area (Å²) in [7, 11) is 0. The molecule has 58 heavy (non-hydrogen) atoms. The second-order valence-electron chi connectivity index (χ2n) is 14.4. The van der Waals surface area contributed by atoms with Crippen LogP contribution in [-0.2, 0) is 17.6 Å². The minimum absolute atomic E-state index is 0.00104. The van der Waals surface area contributed by atoms with Gasteiger partial charge in [-0.15, -0.1) is 0 Å². The lowest BCUT2D eigenvalue weighted by molar-refractivity contribution is -0.153. The van der Waals surface area contributed by atoms with E-state index in [1.807, 2.05) is 36.4 Å². The Morgan fingerprint density at radius 3 is 0.948 bits per heavy atom. The number of hydrogen-bond acceptors (Lipinski definition) is 9. The lowest BCUT2D eigenvalue weighted by Gasteiger charge is -2.31. The normalized spacial score (nSPS) is 13.0. The van der Waals surface area contributed by atoms with E-state index in [0.29, 0.717) is 56.4 Å². The molecule has 6 rings (SSSR count). The maximum Gasteiger partial charge on any atom is 0.195 e. The van der Waals surface area contributed by atoms with Gasteiger partial charge in [-0.2, -0.15) is 0 Å². The number of carbonyl (C=O) groups is 3. The van der Waals surface area contributed by atoms with Crippen LogP contribution < -0.4 is 18.9 Å². The summed E-state index contributed by atoms with van der Waals surface area (Å²) in [5.74, 6) is 1.63. The summed E-state index contributed by atoms with van der Waals surface area (Å²) in [5, 5.41) is 22.4. The minimum Gasteiger partial charge on any atom is -0.490 e. The predicted octanol–water partition coefficient (Wildman–Crippen LogP) is 7.92. The maximum absolute atomic E-state index is 13.4. The first-order chi connectivity index (χ1) is 28.0. The fourth-order valence-electron chi connectivity index (χ4n) is 6.50. The van der Waals surface area contributed by atoms with E-state index >= 15 is 0 Å². The quantitative estimate of drug-likeness (QED) is 0.0587. The van der Waals surface area contributed by atoms with Gasteiger partial charge in [-0.25, -0.2) is 0 Å². The van der Waals surface area contributed by atoms with Crippen LogP contribution in [0.3, 0.4) is 0 Å². The van der Waals surface area contributed by atoms with Crippen LogP contribution >= 0.6 is 0 Å². The topological polar surface area (TPSA) is 129 Å². The molecule has 0 aliphatic heterocycles. The second-order valence-corrected chi connectivity index (χ2v) is 14.4. The Labute approximate surface area is 338 Å². The Hall–Kier alpha value is -6.55. The van der Waals surface area contributed by atoms with Crippen LogP contribution in [0.2, 0.25) is 0 Å². The van der Waals surface area contributed by atoms with Crippen molar-refractivity contribution in [2.75, 3.05) is 26.4 Å². The average Bonchev–Trinajstić information content (AvgIpc) is 3.25. The Balaban J connectivity index is 0.898. The van der Waals surface area contributed by atoms with Gasteiger partial charge in [0.05, 0.1) is 0 Å². The number of hydrogen-bond donors (Lipinski definition) is 2. The molecule has 0 fully saturated rings. The Morgan fingerprint density at radius 1 is 0.397 bits per heavy atom. The molecule has 0 saturated heterocycles. The van der Waals surface area contributed by atoms with Crippen molar-refractivity contribution in [3.05, 3.63) is 191 Å². The molecule has 0 heterocycles. The van der Waals surface area contributed by atoms with E-state index in [-0.39, 0.29) is 50.8 Å². The first-order valence-electron chi connectivity index (χ1n) is 19.1. The smallest absolute Gasteiger partial charge is 0.195 e. The third-order valence-electron chi connectivity index (χ3n) is 9.47. The van der Waals surface area contributed by atoms with Gasteiger partial charge in [0.15, 0.2) is 17.3 Å². The van der Waals surface area contributed by atoms with Crippen molar-refractivity contribution < 1.29 is 43.5 Å². The molecule has 9 nitrogen and oxygen atoms in total. The highest BCUT2D eigenvalue weighted by Gasteiger charge is 2.42. The summed E-state index contributed by atoms with van der Waals surface area (Å²) < 4.78 is 23.1. The number of aliphatic hydroxyl groups is 2. The molecule has 0 amide bonds. The highest BCUT2D eigenvalue weighted by molar-refractivity contribution is 6.09. The van der Waals surface area contributed by atoms with Gasteiger partial charge in [0.25, 0.3) is 0 Å². The molecule has 0 spiro atoms. The van der Waals surface area contributed by atoms with Crippen molar-refractivity contribution in [2.45, 2.75) is 37.9 Å². The van der Waals surface area contributed by atoms with Crippen molar-refractivity contribution in [3.63, 3.8) is 0 Å². The molecule has 0 aliphatic rings. The Kier molecular flexibility index (Phi) is 13.5. The summed E-state index contributed by atoms with van der Waals surface area (Å²) >= 11 is 0. The molecule has 0 bridgehead atoms. The summed E-state index contributed by atoms with van der Waals surface area (Å²) in [6.45, 7) is 3.95. The molecule has 0 aromatic heterocycles. The molecule has 296 valence electrons. The van der Waals surface area contributed by atoms with Gasteiger partial charge in [0, 0.05) is 35.1 Å². The minimum atomic E-state index is -1.83. The van der Waals surface area contributed by atoms with Gasteiger partial charge in [0.2, 0.25) is 0 Å². The van der Waals surface area contributed by atoms with Gasteiger partial charge in [-0.1, -0.05) is 84.9 Å². The second kappa shape index (κ2) is 19.1. The Morgan fingerprint density at radius 2 is 0.655 bits per heavy atom. The third-order valence-corrected chi connectivity index (χ3v) is 9.47. The summed E-state index contributed by atoms with van der Waals surface area (Å²) in [6, 6.07) is 46.2. The van der Waals surface area contributed by atoms with Gasteiger partial charge in [-0.3, -0.25) is 14.4 Å². The van der Waals surface area contributed by atoms with Crippen LogP contribution in [0.1, 0.15) is 56.8 Å². The van der Waals surface area contributed by atoms with Crippen molar-refractivity contribution in [1.82, 2.24) is 0 Å². The third kappa shape index (κ3) is 11.3. The molecule has 2 N–H and O–H groups in total. The molecular formula is C49H46O9. The van der Waals surface area contributed by atoms with Crippen molar-refractivity contribution in [1.29, 1.82) is 0 Å². The molecule has 0 aliphatic carbocycles. The van der Waals surface area contributed by atoms with E-state index in [2.05, 4.69) is 0 Å². The highest BCUT2D eigenvalue weighted by Crippen LogP contribution is 2.26. The van der Waals surface area contributed by atoms with Crippen LogP contribution in [0, 0.1) is 0 Å². The standard InChI is InChI=1S/C49H46O9/c1-48(53,33-35-13-21-41(22-14-35)55-29-31-57-43-25-17-39(18-26-43)45(50)37-9-5-3-6-10-37)47(52)49(2,54)34-36-15-23-42(24-16-36)56-30-32-58-44-27-19-40(20-28-44)46(51)38-11-7-4-8-12-38/h3-28,53-54H,29-34H2,1-2H3. The van der Waals surface area contributed by atoms with Crippen molar-refractivity contribution in [3.8, 4) is 23.0 Å². The molecule has 2 unspecified atom stereocenters. The van der Waals surface area contributed by atoms with Crippen LogP contribution in [-0.4, -0.2) is 65.2 Å². The molecule has 2 atom stereocenters. The number of carbonyl (C=O) groups excluding carboxylic acids is 3. The first kappa shape index (κ1) is 41.1. The summed E-state index contributed by atoms with van der Waals surface area (Å²) in [4.78, 5) is 38.7. The SMILES string of the molecule is CC(O)(Cc1ccc(OCCOc2ccc(C(=O)c3ccccc3)cc2)cc1)C(=O)C(C)(O)Cc1ccc(OCCOc2ccc(C(=O)c3ccccc3)cc2)cc1. The molecule has 0 saturated carbocycles. The monoisotopic (exact) mass is 778 g/mol. The lowest BCUT2D eigenvalue weighted by atomic mass is 9.80. The van der Waals surface area contributed by atoms with E-state index in [4.69, 9.17) is 18.9 Å². The molecule has 9 heteroatoms. The van der Waals surface area contributed by atoms with Crippen molar-refractivity contribution >= 4 is 17.3 Å². The van der Waals surface area contributed by atoms with Gasteiger partial charge < -0.3 is 29.2 Å². The zero-order chi connectivity index (χ0) is 41.0. The van der Waals surface area contributed by atoms with E-state index in [9.17, 15) is 24.6 Å². The zero-order valence-corrected chi connectivity index (χ0v) is 32.5. The predicted molar refractivity (Wildman–Crippen MR) is 221 cm³/mol.